The maximum atomic E-state index is 13.1. The smallest absolute Gasteiger partial charge is 0.238 e. The number of carbonyl (C=O) groups excluding carboxylic acids is 1. The topological polar surface area (TPSA) is 104 Å². The monoisotopic (exact) mass is 410 g/mol. The van der Waals surface area contributed by atoms with Crippen molar-refractivity contribution in [1.29, 1.82) is 0 Å². The van der Waals surface area contributed by atoms with Crippen molar-refractivity contribution in [3.63, 3.8) is 0 Å². The lowest BCUT2D eigenvalue weighted by molar-refractivity contribution is -0.130. The lowest BCUT2D eigenvalue weighted by atomic mass is 10.1. The van der Waals surface area contributed by atoms with Crippen LogP contribution in [0.1, 0.15) is 30.3 Å². The van der Waals surface area contributed by atoms with Crippen LogP contribution < -0.4 is 9.46 Å². The molecule has 0 bridgehead atoms. The molecule has 1 fully saturated rings. The van der Waals surface area contributed by atoms with E-state index in [9.17, 15) is 17.6 Å². The minimum Gasteiger partial charge on any atom is -0.493 e. The number of benzene rings is 1. The predicted molar refractivity (Wildman–Crippen MR) is 101 cm³/mol. The fourth-order valence-electron chi connectivity index (χ4n) is 3.18. The summed E-state index contributed by atoms with van der Waals surface area (Å²) in [5, 5.41) is 7.25. The minimum atomic E-state index is -3.42. The number of hydrogen-bond donors (Lipinski definition) is 2. The number of carbonyl (C=O) groups is 1. The molecule has 10 heteroatoms. The van der Waals surface area contributed by atoms with Crippen LogP contribution >= 0.6 is 0 Å². The Morgan fingerprint density at radius 1 is 1.43 bits per heavy atom. The van der Waals surface area contributed by atoms with Gasteiger partial charge in [-0.3, -0.25) is 9.89 Å². The van der Waals surface area contributed by atoms with Gasteiger partial charge in [0.25, 0.3) is 0 Å². The molecule has 0 unspecified atom stereocenters. The van der Waals surface area contributed by atoms with E-state index in [0.717, 1.165) is 30.5 Å². The van der Waals surface area contributed by atoms with Crippen molar-refractivity contribution in [3.05, 3.63) is 47.5 Å². The van der Waals surface area contributed by atoms with Gasteiger partial charge in [0.15, 0.2) is 0 Å². The average molecular weight is 410 g/mol. The lowest BCUT2D eigenvalue weighted by Crippen LogP contribution is -2.39. The highest BCUT2D eigenvalue weighted by molar-refractivity contribution is 7.88. The second kappa shape index (κ2) is 8.70. The third-order valence-corrected chi connectivity index (χ3v) is 5.16. The summed E-state index contributed by atoms with van der Waals surface area (Å²) in [5.74, 6) is -0.157. The molecule has 152 valence electrons. The molecular weight excluding hydrogens is 387 g/mol. The predicted octanol–water partition coefficient (Wildman–Crippen LogP) is 1.38. The van der Waals surface area contributed by atoms with Gasteiger partial charge < -0.3 is 9.64 Å². The van der Waals surface area contributed by atoms with Crippen molar-refractivity contribution in [3.8, 4) is 5.75 Å². The number of likely N-dealkylation sites (tertiary alicyclic amines) is 1. The molecule has 1 amide bonds. The average Bonchev–Trinajstić information content (AvgIpc) is 3.28. The fraction of sp³-hybridized carbons (Fsp3) is 0.444. The van der Waals surface area contributed by atoms with E-state index in [0.29, 0.717) is 25.3 Å². The van der Waals surface area contributed by atoms with Crippen LogP contribution in [-0.2, 0) is 21.2 Å². The van der Waals surface area contributed by atoms with Crippen LogP contribution in [0.2, 0.25) is 0 Å². The van der Waals surface area contributed by atoms with E-state index in [1.54, 1.807) is 17.0 Å². The molecule has 0 aliphatic carbocycles. The molecule has 0 radical (unpaired) electrons. The Morgan fingerprint density at radius 3 is 3.00 bits per heavy atom. The second-order valence-electron chi connectivity index (χ2n) is 6.71. The normalized spacial score (nSPS) is 17.1. The van der Waals surface area contributed by atoms with Crippen LogP contribution in [0.5, 0.6) is 5.75 Å². The van der Waals surface area contributed by atoms with E-state index in [2.05, 4.69) is 14.9 Å². The molecule has 1 saturated heterocycles. The molecule has 0 spiro atoms. The molecule has 1 atom stereocenters. The van der Waals surface area contributed by atoms with Gasteiger partial charge in [0.1, 0.15) is 11.6 Å². The molecule has 2 aromatic rings. The first-order chi connectivity index (χ1) is 13.3. The molecule has 1 aromatic heterocycles. The summed E-state index contributed by atoms with van der Waals surface area (Å²) in [7, 11) is -3.42. The Bertz CT molecular complexity index is 931. The number of aromatic amines is 1. The SMILES string of the molecule is CS(=O)(=O)NCC(=O)N1CCC[C@H]1c1cc(CCOc2cccc(F)c2)[nH]n1. The second-order valence-corrected chi connectivity index (χ2v) is 8.55. The number of halogens is 1. The minimum absolute atomic E-state index is 0.178. The molecule has 2 heterocycles. The van der Waals surface area contributed by atoms with Gasteiger partial charge in [-0.15, -0.1) is 0 Å². The Labute approximate surface area is 163 Å². The Balaban J connectivity index is 1.55. The molecule has 1 aliphatic heterocycles. The zero-order valence-corrected chi connectivity index (χ0v) is 16.3. The first-order valence-corrected chi connectivity index (χ1v) is 10.9. The van der Waals surface area contributed by atoms with E-state index in [4.69, 9.17) is 4.74 Å². The van der Waals surface area contributed by atoms with E-state index in [1.807, 2.05) is 6.07 Å². The van der Waals surface area contributed by atoms with Crippen molar-refractivity contribution in [2.45, 2.75) is 25.3 Å². The molecule has 1 aromatic carbocycles. The molecular formula is C18H23FN4O4S. The van der Waals surface area contributed by atoms with E-state index in [1.165, 1.54) is 12.1 Å². The number of nitrogens with zero attached hydrogens (tertiary/aromatic N) is 2. The van der Waals surface area contributed by atoms with E-state index >= 15 is 0 Å². The van der Waals surface area contributed by atoms with Crippen LogP contribution in [0, 0.1) is 5.82 Å². The highest BCUT2D eigenvalue weighted by atomic mass is 32.2. The van der Waals surface area contributed by atoms with Crippen molar-refractivity contribution in [2.75, 3.05) is 26.0 Å². The number of amides is 1. The van der Waals surface area contributed by atoms with Crippen molar-refractivity contribution >= 4 is 15.9 Å². The number of ether oxygens (including phenoxy) is 1. The Hall–Kier alpha value is -2.46. The molecule has 28 heavy (non-hydrogen) atoms. The summed E-state index contributed by atoms with van der Waals surface area (Å²) in [6.07, 6.45) is 3.18. The molecule has 3 rings (SSSR count). The summed E-state index contributed by atoms with van der Waals surface area (Å²) in [6, 6.07) is 7.66. The maximum absolute atomic E-state index is 13.1. The fourth-order valence-corrected chi connectivity index (χ4v) is 3.57. The number of aromatic nitrogens is 2. The molecule has 0 saturated carbocycles. The summed E-state index contributed by atoms with van der Waals surface area (Å²) >= 11 is 0. The number of rotatable bonds is 8. The first-order valence-electron chi connectivity index (χ1n) is 8.98. The van der Waals surface area contributed by atoms with Crippen LogP contribution in [0.25, 0.3) is 0 Å². The summed E-state index contributed by atoms with van der Waals surface area (Å²) < 4.78 is 43.3. The summed E-state index contributed by atoms with van der Waals surface area (Å²) in [6.45, 7) is 0.671. The summed E-state index contributed by atoms with van der Waals surface area (Å²) in [5.41, 5.74) is 1.59. The van der Waals surface area contributed by atoms with E-state index in [-0.39, 0.29) is 24.3 Å². The van der Waals surface area contributed by atoms with E-state index < -0.39 is 10.0 Å². The van der Waals surface area contributed by atoms with Gasteiger partial charge in [0.05, 0.1) is 31.1 Å². The van der Waals surface area contributed by atoms with Gasteiger partial charge in [-0.25, -0.2) is 17.5 Å². The largest absolute Gasteiger partial charge is 0.493 e. The van der Waals surface area contributed by atoms with Gasteiger partial charge in [0.2, 0.25) is 15.9 Å². The Kier molecular flexibility index (Phi) is 6.30. The first kappa shape index (κ1) is 20.3. The zero-order valence-electron chi connectivity index (χ0n) is 15.5. The highest BCUT2D eigenvalue weighted by Crippen LogP contribution is 2.31. The van der Waals surface area contributed by atoms with Crippen molar-refractivity contribution in [2.24, 2.45) is 0 Å². The van der Waals surface area contributed by atoms with Gasteiger partial charge in [-0.05, 0) is 31.0 Å². The highest BCUT2D eigenvalue weighted by Gasteiger charge is 2.31. The number of hydrogen-bond acceptors (Lipinski definition) is 5. The number of H-pyrrole nitrogens is 1. The molecule has 8 nitrogen and oxygen atoms in total. The maximum Gasteiger partial charge on any atom is 0.238 e. The van der Waals surface area contributed by atoms with Gasteiger partial charge in [-0.1, -0.05) is 6.07 Å². The van der Waals surface area contributed by atoms with Gasteiger partial charge in [-0.2, -0.15) is 5.10 Å². The summed E-state index contributed by atoms with van der Waals surface area (Å²) in [4.78, 5) is 14.0. The quantitative estimate of drug-likeness (QED) is 0.684. The lowest BCUT2D eigenvalue weighted by Gasteiger charge is -2.23. The third-order valence-electron chi connectivity index (χ3n) is 4.49. The Morgan fingerprint density at radius 2 is 2.25 bits per heavy atom. The third kappa shape index (κ3) is 5.52. The van der Waals surface area contributed by atoms with Crippen molar-refractivity contribution in [1.82, 2.24) is 19.8 Å². The number of sulfonamides is 1. The van der Waals surface area contributed by atoms with Gasteiger partial charge in [0, 0.05) is 24.7 Å². The van der Waals surface area contributed by atoms with Crippen LogP contribution in [-0.4, -0.2) is 55.4 Å². The number of nitrogens with one attached hydrogen (secondary N) is 2. The zero-order chi connectivity index (χ0) is 20.1. The van der Waals surface area contributed by atoms with Crippen molar-refractivity contribution < 1.29 is 22.3 Å². The molecule has 2 N–H and O–H groups in total. The van der Waals surface area contributed by atoms with Crippen LogP contribution in [0.4, 0.5) is 4.39 Å². The van der Waals surface area contributed by atoms with Crippen LogP contribution in [0.15, 0.2) is 30.3 Å². The standard InChI is InChI=1S/C18H23FN4O4S/c1-28(25,26)20-12-18(24)23-8-3-6-17(23)16-11-14(21-22-16)7-9-27-15-5-2-4-13(19)10-15/h2,4-5,10-11,17,20H,3,6-9,12H2,1H3,(H,21,22)/t17-/m0/s1. The van der Waals surface area contributed by atoms with Crippen LogP contribution in [0.3, 0.4) is 0 Å². The van der Waals surface area contributed by atoms with Gasteiger partial charge >= 0.3 is 0 Å². The molecule has 1 aliphatic rings.